The summed E-state index contributed by atoms with van der Waals surface area (Å²) in [5, 5.41) is 5.34. The Morgan fingerprint density at radius 3 is 2.74 bits per heavy atom. The van der Waals surface area contributed by atoms with Gasteiger partial charge in [-0.15, -0.1) is 11.3 Å². The van der Waals surface area contributed by atoms with Crippen LogP contribution in [0.2, 0.25) is 0 Å². The first kappa shape index (κ1) is 17.4. The fourth-order valence-corrected chi connectivity index (χ4v) is 3.79. The van der Waals surface area contributed by atoms with Gasteiger partial charge in [0.1, 0.15) is 12.0 Å². The maximum atomic E-state index is 12.5. The highest BCUT2D eigenvalue weighted by molar-refractivity contribution is 7.14. The van der Waals surface area contributed by atoms with E-state index in [0.717, 1.165) is 11.4 Å². The minimum absolute atomic E-state index is 0.0488. The molecule has 3 aromatic rings. The summed E-state index contributed by atoms with van der Waals surface area (Å²) in [7, 11) is 0. The lowest BCUT2D eigenvalue weighted by molar-refractivity contribution is -0.121. The highest BCUT2D eigenvalue weighted by atomic mass is 32.1. The predicted molar refractivity (Wildman–Crippen MR) is 101 cm³/mol. The van der Waals surface area contributed by atoms with Gasteiger partial charge in [-0.05, 0) is 31.0 Å². The van der Waals surface area contributed by atoms with Gasteiger partial charge in [0, 0.05) is 30.6 Å². The summed E-state index contributed by atoms with van der Waals surface area (Å²) in [5.41, 5.74) is 2.07. The first-order valence-corrected chi connectivity index (χ1v) is 9.58. The molecule has 3 aromatic heterocycles. The van der Waals surface area contributed by atoms with Crippen LogP contribution in [0, 0.1) is 5.92 Å². The standard InChI is InChI=1S/C19H18N4O3S/c24-17(22-19-21-16(12-27-19)15-3-1-2-7-20-15)13-4-8-23(9-5-13)18(25)14-6-10-26-11-14/h1-3,6-7,10-13H,4-5,8-9H2,(H,21,22,24). The molecule has 2 amide bonds. The van der Waals surface area contributed by atoms with Crippen molar-refractivity contribution in [3.8, 4) is 11.4 Å². The first-order chi connectivity index (χ1) is 13.2. The molecule has 4 rings (SSSR count). The van der Waals surface area contributed by atoms with Gasteiger partial charge in [-0.25, -0.2) is 4.98 Å². The number of anilines is 1. The molecule has 27 heavy (non-hydrogen) atoms. The zero-order chi connectivity index (χ0) is 18.6. The average molecular weight is 382 g/mol. The number of piperidine rings is 1. The Kier molecular flexibility index (Phi) is 4.97. The normalized spacial score (nSPS) is 14.9. The number of thiazole rings is 1. The van der Waals surface area contributed by atoms with Crippen LogP contribution >= 0.6 is 11.3 Å². The number of carbonyl (C=O) groups is 2. The van der Waals surface area contributed by atoms with Crippen molar-refractivity contribution in [1.29, 1.82) is 0 Å². The van der Waals surface area contributed by atoms with Crippen LogP contribution in [0.1, 0.15) is 23.2 Å². The lowest BCUT2D eigenvalue weighted by atomic mass is 9.95. The van der Waals surface area contributed by atoms with E-state index in [1.54, 1.807) is 17.2 Å². The summed E-state index contributed by atoms with van der Waals surface area (Å²) in [5.74, 6) is -0.226. The number of hydrogen-bond donors (Lipinski definition) is 1. The van der Waals surface area contributed by atoms with E-state index in [0.29, 0.717) is 36.6 Å². The van der Waals surface area contributed by atoms with Gasteiger partial charge in [0.15, 0.2) is 5.13 Å². The number of pyridine rings is 1. The second kappa shape index (κ2) is 7.71. The summed E-state index contributed by atoms with van der Waals surface area (Å²) in [4.78, 5) is 35.3. The van der Waals surface area contributed by atoms with Gasteiger partial charge >= 0.3 is 0 Å². The van der Waals surface area contributed by atoms with Crippen molar-refractivity contribution in [3.05, 3.63) is 53.9 Å². The number of furan rings is 1. The van der Waals surface area contributed by atoms with Crippen LogP contribution in [0.4, 0.5) is 5.13 Å². The highest BCUT2D eigenvalue weighted by Crippen LogP contribution is 2.25. The molecule has 138 valence electrons. The second-order valence-corrected chi connectivity index (χ2v) is 7.18. The molecule has 0 radical (unpaired) electrons. The predicted octanol–water partition coefficient (Wildman–Crippen LogP) is 3.29. The fourth-order valence-electron chi connectivity index (χ4n) is 3.08. The van der Waals surface area contributed by atoms with Gasteiger partial charge in [0.2, 0.25) is 5.91 Å². The molecule has 0 saturated carbocycles. The van der Waals surface area contributed by atoms with Crippen molar-refractivity contribution in [3.63, 3.8) is 0 Å². The van der Waals surface area contributed by atoms with Crippen molar-refractivity contribution in [2.45, 2.75) is 12.8 Å². The fraction of sp³-hybridized carbons (Fsp3) is 0.263. The van der Waals surface area contributed by atoms with Crippen molar-refractivity contribution in [2.24, 2.45) is 5.92 Å². The minimum Gasteiger partial charge on any atom is -0.472 e. The monoisotopic (exact) mass is 382 g/mol. The van der Waals surface area contributed by atoms with Crippen molar-refractivity contribution in [1.82, 2.24) is 14.9 Å². The van der Waals surface area contributed by atoms with E-state index in [2.05, 4.69) is 15.3 Å². The van der Waals surface area contributed by atoms with Gasteiger partial charge in [-0.2, -0.15) is 0 Å². The summed E-state index contributed by atoms with van der Waals surface area (Å²) in [6, 6.07) is 7.29. The third-order valence-electron chi connectivity index (χ3n) is 4.58. The smallest absolute Gasteiger partial charge is 0.257 e. The van der Waals surface area contributed by atoms with Crippen LogP contribution in [-0.4, -0.2) is 39.8 Å². The molecule has 1 aliphatic heterocycles. The first-order valence-electron chi connectivity index (χ1n) is 8.70. The van der Waals surface area contributed by atoms with Gasteiger partial charge in [-0.1, -0.05) is 6.07 Å². The Labute approximate surface area is 160 Å². The molecule has 1 N–H and O–H groups in total. The van der Waals surface area contributed by atoms with Crippen LogP contribution in [0.5, 0.6) is 0 Å². The number of amides is 2. The quantitative estimate of drug-likeness (QED) is 0.748. The number of aromatic nitrogens is 2. The number of rotatable bonds is 4. The maximum Gasteiger partial charge on any atom is 0.257 e. The third-order valence-corrected chi connectivity index (χ3v) is 5.34. The highest BCUT2D eigenvalue weighted by Gasteiger charge is 2.28. The zero-order valence-electron chi connectivity index (χ0n) is 14.5. The molecule has 0 atom stereocenters. The van der Waals surface area contributed by atoms with E-state index in [-0.39, 0.29) is 17.7 Å². The van der Waals surface area contributed by atoms with E-state index in [1.165, 1.54) is 23.9 Å². The Morgan fingerprint density at radius 1 is 1.19 bits per heavy atom. The van der Waals surface area contributed by atoms with Gasteiger partial charge in [-0.3, -0.25) is 14.6 Å². The molecule has 1 aliphatic rings. The third kappa shape index (κ3) is 3.90. The molecule has 0 spiro atoms. The van der Waals surface area contributed by atoms with E-state index >= 15 is 0 Å². The van der Waals surface area contributed by atoms with Crippen molar-refractivity contribution in [2.75, 3.05) is 18.4 Å². The maximum absolute atomic E-state index is 12.5. The summed E-state index contributed by atoms with van der Waals surface area (Å²) in [6.45, 7) is 1.11. The lowest BCUT2D eigenvalue weighted by Crippen LogP contribution is -2.41. The van der Waals surface area contributed by atoms with Crippen LogP contribution in [-0.2, 0) is 4.79 Å². The van der Waals surface area contributed by atoms with Gasteiger partial charge < -0.3 is 14.6 Å². The summed E-state index contributed by atoms with van der Waals surface area (Å²) in [6.07, 6.45) is 5.91. The Bertz CT molecular complexity index is 916. The van der Waals surface area contributed by atoms with E-state index in [9.17, 15) is 9.59 Å². The number of nitrogens with one attached hydrogen (secondary N) is 1. The molecular formula is C19H18N4O3S. The molecule has 0 aromatic carbocycles. The Hall–Kier alpha value is -3.00. The lowest BCUT2D eigenvalue weighted by Gasteiger charge is -2.30. The number of nitrogens with zero attached hydrogens (tertiary/aromatic N) is 3. The van der Waals surface area contributed by atoms with E-state index in [4.69, 9.17) is 4.42 Å². The van der Waals surface area contributed by atoms with Crippen molar-refractivity contribution >= 4 is 28.3 Å². The molecule has 0 aliphatic carbocycles. The van der Waals surface area contributed by atoms with Crippen LogP contribution in [0.3, 0.4) is 0 Å². The number of likely N-dealkylation sites (tertiary alicyclic amines) is 1. The molecule has 1 fully saturated rings. The molecule has 4 heterocycles. The second-order valence-electron chi connectivity index (χ2n) is 6.32. The molecular weight excluding hydrogens is 364 g/mol. The molecule has 0 unspecified atom stereocenters. The van der Waals surface area contributed by atoms with E-state index < -0.39 is 0 Å². The Balaban J connectivity index is 1.32. The number of hydrogen-bond acceptors (Lipinski definition) is 6. The molecule has 7 nitrogen and oxygen atoms in total. The zero-order valence-corrected chi connectivity index (χ0v) is 15.3. The largest absolute Gasteiger partial charge is 0.472 e. The summed E-state index contributed by atoms with van der Waals surface area (Å²) >= 11 is 1.38. The molecule has 8 heteroatoms. The number of carbonyl (C=O) groups excluding carboxylic acids is 2. The topological polar surface area (TPSA) is 88.3 Å². The van der Waals surface area contributed by atoms with Crippen molar-refractivity contribution < 1.29 is 14.0 Å². The molecule has 1 saturated heterocycles. The molecule has 0 bridgehead atoms. The Morgan fingerprint density at radius 2 is 2.04 bits per heavy atom. The van der Waals surface area contributed by atoms with Gasteiger partial charge in [0.25, 0.3) is 5.91 Å². The SMILES string of the molecule is O=C(Nc1nc(-c2ccccn2)cs1)C1CCN(C(=O)c2ccoc2)CC1. The van der Waals surface area contributed by atoms with Crippen LogP contribution < -0.4 is 5.32 Å². The van der Waals surface area contributed by atoms with Crippen LogP contribution in [0.15, 0.2) is 52.8 Å². The van der Waals surface area contributed by atoms with Gasteiger partial charge in [0.05, 0.1) is 17.5 Å². The van der Waals surface area contributed by atoms with Crippen LogP contribution in [0.25, 0.3) is 11.4 Å². The minimum atomic E-state index is -0.124. The average Bonchev–Trinajstić information content (AvgIpc) is 3.40. The van der Waals surface area contributed by atoms with E-state index in [1.807, 2.05) is 23.6 Å². The summed E-state index contributed by atoms with van der Waals surface area (Å²) < 4.78 is 4.96.